The maximum absolute atomic E-state index is 4.66. The third-order valence-electron chi connectivity index (χ3n) is 2.48. The summed E-state index contributed by atoms with van der Waals surface area (Å²) < 4.78 is 0. The average molecular weight is 194 g/mol. The van der Waals surface area contributed by atoms with Crippen LogP contribution in [0.2, 0.25) is 0 Å². The first-order chi connectivity index (χ1) is 6.04. The molecule has 72 valence electrons. The Morgan fingerprint density at radius 2 is 1.85 bits per heavy atom. The minimum atomic E-state index is 0.319. The van der Waals surface area contributed by atoms with Gasteiger partial charge in [0.15, 0.2) is 0 Å². The fraction of sp³-hybridized carbons (Fsp3) is 0.500. The van der Waals surface area contributed by atoms with Gasteiger partial charge in [-0.25, -0.2) is 0 Å². The average Bonchev–Trinajstić information content (AvgIpc) is 2.03. The summed E-state index contributed by atoms with van der Waals surface area (Å²) in [5.74, 6) is 0. The van der Waals surface area contributed by atoms with E-state index in [-0.39, 0.29) is 0 Å². The van der Waals surface area contributed by atoms with Crippen LogP contribution in [0.5, 0.6) is 0 Å². The van der Waals surface area contributed by atoms with Crippen LogP contribution in [-0.2, 0) is 0 Å². The Morgan fingerprint density at radius 3 is 2.31 bits per heavy atom. The number of hydrogen-bond acceptors (Lipinski definition) is 1. The van der Waals surface area contributed by atoms with E-state index in [1.807, 2.05) is 0 Å². The molecule has 1 atom stereocenters. The molecule has 1 aliphatic rings. The maximum Gasteiger partial charge on any atom is 0.0481 e. The number of thiol groups is 1. The summed E-state index contributed by atoms with van der Waals surface area (Å²) in [6.07, 6.45) is 5.50. The van der Waals surface area contributed by atoms with E-state index in [4.69, 9.17) is 0 Å². The molecule has 1 heteroatoms. The van der Waals surface area contributed by atoms with E-state index in [0.717, 1.165) is 6.42 Å². The molecule has 1 unspecified atom stereocenters. The number of hydrogen-bond donors (Lipinski definition) is 1. The fourth-order valence-corrected chi connectivity index (χ4v) is 2.33. The summed E-state index contributed by atoms with van der Waals surface area (Å²) >= 11 is 4.66. The molecule has 0 saturated heterocycles. The topological polar surface area (TPSA) is 0 Å². The molecule has 0 N–H and O–H groups in total. The lowest BCUT2D eigenvalue weighted by molar-refractivity contribution is 0.996. The van der Waals surface area contributed by atoms with Crippen molar-refractivity contribution in [1.82, 2.24) is 0 Å². The first kappa shape index (κ1) is 10.6. The zero-order chi connectivity index (χ0) is 10.0. The van der Waals surface area contributed by atoms with Gasteiger partial charge >= 0.3 is 0 Å². The van der Waals surface area contributed by atoms with E-state index >= 15 is 0 Å². The normalized spacial score (nSPS) is 22.1. The van der Waals surface area contributed by atoms with Gasteiger partial charge in [-0.3, -0.25) is 0 Å². The van der Waals surface area contributed by atoms with Crippen molar-refractivity contribution in [3.05, 3.63) is 34.4 Å². The van der Waals surface area contributed by atoms with E-state index < -0.39 is 0 Å². The van der Waals surface area contributed by atoms with Gasteiger partial charge in [0.2, 0.25) is 0 Å². The highest BCUT2D eigenvalue weighted by molar-refractivity contribution is 7.81. The Labute approximate surface area is 86.8 Å². The highest BCUT2D eigenvalue weighted by atomic mass is 32.1. The van der Waals surface area contributed by atoms with Crippen LogP contribution in [0.15, 0.2) is 34.4 Å². The lowest BCUT2D eigenvalue weighted by Gasteiger charge is -2.23. The molecule has 0 heterocycles. The summed E-state index contributed by atoms with van der Waals surface area (Å²) in [4.78, 5) is 0. The van der Waals surface area contributed by atoms with E-state index in [9.17, 15) is 0 Å². The molecular weight excluding hydrogens is 176 g/mol. The molecule has 1 aliphatic carbocycles. The third kappa shape index (κ3) is 2.28. The van der Waals surface area contributed by atoms with Crippen LogP contribution in [0.3, 0.4) is 0 Å². The molecular formula is C12H18S. The van der Waals surface area contributed by atoms with Crippen molar-refractivity contribution in [3.63, 3.8) is 0 Å². The minimum absolute atomic E-state index is 0.319. The molecule has 0 bridgehead atoms. The van der Waals surface area contributed by atoms with E-state index in [1.54, 1.807) is 0 Å². The Morgan fingerprint density at radius 1 is 1.23 bits per heavy atom. The van der Waals surface area contributed by atoms with Gasteiger partial charge in [0.25, 0.3) is 0 Å². The molecule has 0 aromatic rings. The quantitative estimate of drug-likeness (QED) is 0.438. The summed E-state index contributed by atoms with van der Waals surface area (Å²) in [5.41, 5.74) is 5.60. The summed E-state index contributed by atoms with van der Waals surface area (Å²) in [5, 5.41) is 0.319. The second kappa shape index (κ2) is 4.19. The zero-order valence-corrected chi connectivity index (χ0v) is 9.78. The fourth-order valence-electron chi connectivity index (χ4n) is 1.62. The monoisotopic (exact) mass is 194 g/mol. The van der Waals surface area contributed by atoms with Gasteiger partial charge in [-0.15, -0.1) is 0 Å². The zero-order valence-electron chi connectivity index (χ0n) is 8.89. The second-order valence-electron chi connectivity index (χ2n) is 3.99. The predicted octanol–water partition coefficient (Wildman–Crippen LogP) is 3.92. The van der Waals surface area contributed by atoms with Crippen molar-refractivity contribution in [1.29, 1.82) is 0 Å². The first-order valence-electron chi connectivity index (χ1n) is 4.72. The number of allylic oxidation sites excluding steroid dienone is 4. The predicted molar refractivity (Wildman–Crippen MR) is 63.3 cm³/mol. The summed E-state index contributed by atoms with van der Waals surface area (Å²) in [6.45, 7) is 8.63. The summed E-state index contributed by atoms with van der Waals surface area (Å²) in [6, 6.07) is 0. The SMILES string of the molecule is CC(C)=C1C=CCC(=C(C)C)C1S. The van der Waals surface area contributed by atoms with Crippen molar-refractivity contribution < 1.29 is 0 Å². The van der Waals surface area contributed by atoms with Crippen LogP contribution >= 0.6 is 12.6 Å². The number of rotatable bonds is 0. The molecule has 1 rings (SSSR count). The molecule has 13 heavy (non-hydrogen) atoms. The molecule has 0 radical (unpaired) electrons. The van der Waals surface area contributed by atoms with Gasteiger partial charge in [0.05, 0.1) is 0 Å². The summed E-state index contributed by atoms with van der Waals surface area (Å²) in [7, 11) is 0. The standard InChI is InChI=1S/C12H18S/c1-8(2)10-6-5-7-11(9(3)4)12(10)13/h5-6,12-13H,7H2,1-4H3. The van der Waals surface area contributed by atoms with Crippen LogP contribution in [-0.4, -0.2) is 5.25 Å². The van der Waals surface area contributed by atoms with Gasteiger partial charge in [-0.2, -0.15) is 12.6 Å². The minimum Gasteiger partial charge on any atom is -0.167 e. The Bertz CT molecular complexity index is 284. The van der Waals surface area contributed by atoms with Crippen LogP contribution in [0.1, 0.15) is 34.1 Å². The van der Waals surface area contributed by atoms with Crippen molar-refractivity contribution in [2.24, 2.45) is 0 Å². The highest BCUT2D eigenvalue weighted by Gasteiger charge is 2.17. The van der Waals surface area contributed by atoms with E-state index in [0.29, 0.717) is 5.25 Å². The highest BCUT2D eigenvalue weighted by Crippen LogP contribution is 2.31. The van der Waals surface area contributed by atoms with E-state index in [2.05, 4.69) is 52.5 Å². The molecule has 0 saturated carbocycles. The lowest BCUT2D eigenvalue weighted by Crippen LogP contribution is -2.11. The van der Waals surface area contributed by atoms with Crippen molar-refractivity contribution in [2.75, 3.05) is 0 Å². The molecule has 0 nitrogen and oxygen atoms in total. The lowest BCUT2D eigenvalue weighted by atomic mass is 9.90. The van der Waals surface area contributed by atoms with Crippen LogP contribution < -0.4 is 0 Å². The molecule has 0 spiro atoms. The molecule has 0 amide bonds. The van der Waals surface area contributed by atoms with Gasteiger partial charge in [0.1, 0.15) is 0 Å². The van der Waals surface area contributed by atoms with E-state index in [1.165, 1.54) is 22.3 Å². The molecule has 0 aromatic heterocycles. The Kier molecular flexibility index (Phi) is 3.43. The Balaban J connectivity index is 3.11. The van der Waals surface area contributed by atoms with Crippen molar-refractivity contribution >= 4 is 12.6 Å². The van der Waals surface area contributed by atoms with Gasteiger partial charge in [-0.1, -0.05) is 28.9 Å². The van der Waals surface area contributed by atoms with Crippen LogP contribution in [0.25, 0.3) is 0 Å². The smallest absolute Gasteiger partial charge is 0.0481 e. The third-order valence-corrected chi connectivity index (χ3v) is 3.07. The van der Waals surface area contributed by atoms with Gasteiger partial charge < -0.3 is 0 Å². The second-order valence-corrected chi connectivity index (χ2v) is 4.51. The van der Waals surface area contributed by atoms with Gasteiger partial charge in [0, 0.05) is 5.25 Å². The van der Waals surface area contributed by atoms with Crippen molar-refractivity contribution in [3.8, 4) is 0 Å². The molecule has 0 fully saturated rings. The maximum atomic E-state index is 4.66. The Hall–Kier alpha value is -0.430. The van der Waals surface area contributed by atoms with Gasteiger partial charge in [-0.05, 0) is 39.7 Å². The first-order valence-corrected chi connectivity index (χ1v) is 5.24. The van der Waals surface area contributed by atoms with Crippen molar-refractivity contribution in [2.45, 2.75) is 39.4 Å². The molecule has 0 aromatic carbocycles. The largest absolute Gasteiger partial charge is 0.167 e. The molecule has 0 aliphatic heterocycles. The van der Waals surface area contributed by atoms with Crippen LogP contribution in [0, 0.1) is 0 Å². The van der Waals surface area contributed by atoms with Crippen LogP contribution in [0.4, 0.5) is 0 Å².